The quantitative estimate of drug-likeness (QED) is 0.634. The second kappa shape index (κ2) is 8.77. The molecule has 0 saturated carbocycles. The van der Waals surface area contributed by atoms with Crippen molar-refractivity contribution in [2.75, 3.05) is 0 Å². The van der Waals surface area contributed by atoms with Crippen molar-refractivity contribution in [3.8, 4) is 6.07 Å². The van der Waals surface area contributed by atoms with Gasteiger partial charge in [0.15, 0.2) is 0 Å². The molecule has 0 fully saturated rings. The number of nitrogens with zero attached hydrogens (tertiary/aromatic N) is 3. The molecule has 0 spiro atoms. The summed E-state index contributed by atoms with van der Waals surface area (Å²) >= 11 is 6.11. The number of carbonyl (C=O) groups is 2. The molecule has 1 aromatic heterocycles. The summed E-state index contributed by atoms with van der Waals surface area (Å²) in [6.07, 6.45) is 3.78. The third kappa shape index (κ3) is 3.93. The summed E-state index contributed by atoms with van der Waals surface area (Å²) in [6.45, 7) is 0. The Morgan fingerprint density at radius 2 is 2.06 bits per heavy atom. The molecule has 1 unspecified atom stereocenters. The number of nitrogens with two attached hydrogens (primary N) is 1. The average molecular weight is 449 g/mol. The van der Waals surface area contributed by atoms with Crippen LogP contribution in [0, 0.1) is 17.1 Å². The van der Waals surface area contributed by atoms with Crippen LogP contribution < -0.4 is 5.73 Å². The summed E-state index contributed by atoms with van der Waals surface area (Å²) in [5.41, 5.74) is 7.72. The maximum Gasteiger partial charge on any atom is 0.255 e. The first-order valence-electron chi connectivity index (χ1n) is 9.90. The van der Waals surface area contributed by atoms with Crippen molar-refractivity contribution in [1.29, 1.82) is 5.26 Å². The predicted molar refractivity (Wildman–Crippen MR) is 116 cm³/mol. The standard InChI is InChI=1S/C24H18ClFN4O2/c25-17-10-19-18(20(26)11-17)6-7-21(19)30(22(23(28)31)16-5-2-8-29-13-16)24(32)15-4-1-3-14(9-15)12-27/h1-5,8-11,13,21-22H,6-7H2,(H2,28,31)/t21-,22?/m1/s1. The lowest BCUT2D eigenvalue weighted by molar-refractivity contribution is -0.123. The molecular formula is C24H18ClFN4O2. The maximum atomic E-state index is 14.6. The lowest BCUT2D eigenvalue weighted by Crippen LogP contribution is -2.43. The first-order valence-corrected chi connectivity index (χ1v) is 10.3. The van der Waals surface area contributed by atoms with Crippen molar-refractivity contribution in [2.45, 2.75) is 24.9 Å². The van der Waals surface area contributed by atoms with Crippen LogP contribution in [0.1, 0.15) is 51.1 Å². The van der Waals surface area contributed by atoms with Crippen molar-refractivity contribution in [3.05, 3.63) is 99.6 Å². The molecule has 1 aliphatic rings. The number of hydrogen-bond donors (Lipinski definition) is 1. The lowest BCUT2D eigenvalue weighted by atomic mass is 9.98. The number of pyridine rings is 1. The van der Waals surface area contributed by atoms with E-state index in [2.05, 4.69) is 4.98 Å². The van der Waals surface area contributed by atoms with Gasteiger partial charge in [0.2, 0.25) is 5.91 Å². The maximum absolute atomic E-state index is 14.6. The number of benzene rings is 2. The van der Waals surface area contributed by atoms with Crippen molar-refractivity contribution in [1.82, 2.24) is 9.88 Å². The highest BCUT2D eigenvalue weighted by molar-refractivity contribution is 6.30. The minimum absolute atomic E-state index is 0.198. The van der Waals surface area contributed by atoms with Gasteiger partial charge in [-0.3, -0.25) is 14.6 Å². The van der Waals surface area contributed by atoms with Crippen LogP contribution in [-0.4, -0.2) is 21.7 Å². The second-order valence-electron chi connectivity index (χ2n) is 7.51. The average Bonchev–Trinajstić information content (AvgIpc) is 3.21. The van der Waals surface area contributed by atoms with E-state index in [1.807, 2.05) is 6.07 Å². The third-order valence-corrected chi connectivity index (χ3v) is 5.80. The SMILES string of the molecule is N#Cc1cccc(C(=O)N(C(C(N)=O)c2cccnc2)[C@@H]2CCc3c(F)cc(Cl)cc32)c1. The monoisotopic (exact) mass is 448 g/mol. The summed E-state index contributed by atoms with van der Waals surface area (Å²) in [5.74, 6) is -1.71. The largest absolute Gasteiger partial charge is 0.368 e. The first kappa shape index (κ1) is 21.5. The van der Waals surface area contributed by atoms with E-state index in [9.17, 15) is 19.2 Å². The van der Waals surface area contributed by atoms with E-state index in [0.717, 1.165) is 0 Å². The molecule has 160 valence electrons. The Morgan fingerprint density at radius 3 is 2.75 bits per heavy atom. The number of halogens is 2. The summed E-state index contributed by atoms with van der Waals surface area (Å²) in [4.78, 5) is 31.8. The highest BCUT2D eigenvalue weighted by Gasteiger charge is 2.40. The van der Waals surface area contributed by atoms with Crippen LogP contribution in [0.5, 0.6) is 0 Å². The summed E-state index contributed by atoms with van der Waals surface area (Å²) < 4.78 is 14.6. The van der Waals surface area contributed by atoms with E-state index < -0.39 is 29.7 Å². The fraction of sp³-hybridized carbons (Fsp3) is 0.167. The number of hydrogen-bond acceptors (Lipinski definition) is 4. The topological polar surface area (TPSA) is 100 Å². The van der Waals surface area contributed by atoms with Gasteiger partial charge in [0.05, 0.1) is 17.7 Å². The Labute approximate surface area is 189 Å². The molecule has 0 aliphatic heterocycles. The smallest absolute Gasteiger partial charge is 0.255 e. The van der Waals surface area contributed by atoms with E-state index in [0.29, 0.717) is 35.1 Å². The Morgan fingerprint density at radius 1 is 1.25 bits per heavy atom. The van der Waals surface area contributed by atoms with Gasteiger partial charge in [-0.05, 0) is 60.4 Å². The van der Waals surface area contributed by atoms with Gasteiger partial charge < -0.3 is 10.6 Å². The number of carbonyl (C=O) groups excluding carboxylic acids is 2. The van der Waals surface area contributed by atoms with Crippen molar-refractivity contribution >= 4 is 23.4 Å². The van der Waals surface area contributed by atoms with E-state index in [-0.39, 0.29) is 10.6 Å². The fourth-order valence-corrected chi connectivity index (χ4v) is 4.43. The van der Waals surface area contributed by atoms with Gasteiger partial charge in [0.1, 0.15) is 11.9 Å². The molecule has 32 heavy (non-hydrogen) atoms. The van der Waals surface area contributed by atoms with E-state index in [1.54, 1.807) is 42.6 Å². The summed E-state index contributed by atoms with van der Waals surface area (Å²) in [7, 11) is 0. The minimum Gasteiger partial charge on any atom is -0.368 e. The van der Waals surface area contributed by atoms with Crippen LogP contribution >= 0.6 is 11.6 Å². The predicted octanol–water partition coefficient (Wildman–Crippen LogP) is 4.10. The molecule has 1 heterocycles. The van der Waals surface area contributed by atoms with E-state index in [1.165, 1.54) is 23.2 Å². The highest BCUT2D eigenvalue weighted by atomic mass is 35.5. The summed E-state index contributed by atoms with van der Waals surface area (Å²) in [5, 5.41) is 9.45. The number of amides is 2. The van der Waals surface area contributed by atoms with Gasteiger partial charge in [0.25, 0.3) is 5.91 Å². The zero-order valence-corrected chi connectivity index (χ0v) is 17.6. The molecule has 1 aliphatic carbocycles. The van der Waals surface area contributed by atoms with Gasteiger partial charge in [0, 0.05) is 28.5 Å². The number of rotatable bonds is 5. The Balaban J connectivity index is 1.89. The molecule has 0 bridgehead atoms. The molecule has 2 amide bonds. The van der Waals surface area contributed by atoms with Crippen LogP contribution in [0.2, 0.25) is 5.02 Å². The van der Waals surface area contributed by atoms with Gasteiger partial charge in [-0.15, -0.1) is 0 Å². The Bertz CT molecular complexity index is 1240. The number of nitriles is 1. The van der Waals surface area contributed by atoms with Crippen molar-refractivity contribution in [3.63, 3.8) is 0 Å². The van der Waals surface area contributed by atoms with Gasteiger partial charge in [-0.1, -0.05) is 23.7 Å². The van der Waals surface area contributed by atoms with Gasteiger partial charge in [-0.25, -0.2) is 4.39 Å². The number of aromatic nitrogens is 1. The second-order valence-corrected chi connectivity index (χ2v) is 7.94. The van der Waals surface area contributed by atoms with Crippen LogP contribution in [-0.2, 0) is 11.2 Å². The molecule has 6 nitrogen and oxygen atoms in total. The molecule has 8 heteroatoms. The number of primary amides is 1. The van der Waals surface area contributed by atoms with Crippen molar-refractivity contribution in [2.24, 2.45) is 5.73 Å². The third-order valence-electron chi connectivity index (χ3n) is 5.58. The van der Waals surface area contributed by atoms with E-state index >= 15 is 0 Å². The summed E-state index contributed by atoms with van der Waals surface area (Å²) in [6, 6.07) is 12.5. The highest BCUT2D eigenvalue weighted by Crippen LogP contribution is 2.43. The van der Waals surface area contributed by atoms with Crippen LogP contribution in [0.25, 0.3) is 0 Å². The van der Waals surface area contributed by atoms with Gasteiger partial charge in [-0.2, -0.15) is 5.26 Å². The Hall–Kier alpha value is -3.76. The number of fused-ring (bicyclic) bond motifs is 1. The molecule has 0 saturated heterocycles. The lowest BCUT2D eigenvalue weighted by Gasteiger charge is -2.35. The van der Waals surface area contributed by atoms with Crippen LogP contribution in [0.4, 0.5) is 4.39 Å². The van der Waals surface area contributed by atoms with E-state index in [4.69, 9.17) is 17.3 Å². The first-order chi connectivity index (χ1) is 15.4. The molecule has 4 rings (SSSR count). The van der Waals surface area contributed by atoms with Crippen LogP contribution in [0.3, 0.4) is 0 Å². The zero-order valence-electron chi connectivity index (χ0n) is 16.8. The fourth-order valence-electron chi connectivity index (χ4n) is 4.22. The Kier molecular flexibility index (Phi) is 5.89. The zero-order chi connectivity index (χ0) is 22.8. The normalized spacial score (nSPS) is 15.5. The van der Waals surface area contributed by atoms with Crippen LogP contribution in [0.15, 0.2) is 60.9 Å². The molecule has 2 N–H and O–H groups in total. The molecule has 0 radical (unpaired) electrons. The van der Waals surface area contributed by atoms with Crippen molar-refractivity contribution < 1.29 is 14.0 Å². The molecule has 2 aromatic carbocycles. The molecule has 2 atom stereocenters. The molecular weight excluding hydrogens is 431 g/mol. The molecule has 3 aromatic rings. The minimum atomic E-state index is -1.15. The van der Waals surface area contributed by atoms with Gasteiger partial charge >= 0.3 is 0 Å².